The van der Waals surface area contributed by atoms with Crippen molar-refractivity contribution in [1.29, 1.82) is 0 Å². The van der Waals surface area contributed by atoms with E-state index in [9.17, 15) is 19.2 Å². The van der Waals surface area contributed by atoms with E-state index in [1.54, 1.807) is 42.5 Å². The number of thioether (sulfide) groups is 1. The Bertz CT molecular complexity index is 1490. The van der Waals surface area contributed by atoms with Crippen LogP contribution in [0.15, 0.2) is 70.0 Å². The van der Waals surface area contributed by atoms with Gasteiger partial charge in [-0.1, -0.05) is 37.6 Å². The summed E-state index contributed by atoms with van der Waals surface area (Å²) in [4.78, 5) is 53.9. The van der Waals surface area contributed by atoms with E-state index < -0.39 is 23.6 Å². The molecular formula is C31H31N3O7S. The minimum absolute atomic E-state index is 0.160. The van der Waals surface area contributed by atoms with E-state index in [-0.39, 0.29) is 10.9 Å². The number of morpholine rings is 1. The number of hydrogen-bond donors (Lipinski definition) is 1. The van der Waals surface area contributed by atoms with Crippen molar-refractivity contribution in [2.24, 2.45) is 0 Å². The number of nitrogens with one attached hydrogen (secondary N) is 1. The van der Waals surface area contributed by atoms with Crippen molar-refractivity contribution in [3.63, 3.8) is 0 Å². The van der Waals surface area contributed by atoms with E-state index in [0.717, 1.165) is 40.8 Å². The minimum atomic E-state index is -0.564. The smallest absolute Gasteiger partial charge is 0.338 e. The number of esters is 1. The zero-order valence-corrected chi connectivity index (χ0v) is 24.0. The lowest BCUT2D eigenvalue weighted by Crippen LogP contribution is -2.38. The van der Waals surface area contributed by atoms with Crippen LogP contribution < -0.4 is 10.2 Å². The fourth-order valence-electron chi connectivity index (χ4n) is 4.51. The summed E-state index contributed by atoms with van der Waals surface area (Å²) in [6, 6.07) is 17.7. The number of nitrogens with zero attached hydrogens (tertiary/aromatic N) is 2. The van der Waals surface area contributed by atoms with Crippen LogP contribution in [0.4, 0.5) is 16.2 Å². The van der Waals surface area contributed by atoms with Crippen LogP contribution in [-0.4, -0.2) is 67.4 Å². The number of para-hydroxylation sites is 2. The standard InChI is InChI=1S/C31H31N3O7S/c1-2-3-16-40-30(37)22-10-8-21(9-11-22)26-13-12-23(41-26)19-27-29(36)34(31(38)42-27)20-28(35)32-24-6-4-5-7-25(24)33-14-17-39-18-15-33/h4-13,19H,2-3,14-18,20H2,1H3,(H,32,35)/b27-19+. The molecule has 2 fully saturated rings. The molecule has 3 amide bonds. The lowest BCUT2D eigenvalue weighted by atomic mass is 10.1. The second-order valence-electron chi connectivity index (χ2n) is 9.70. The zero-order valence-electron chi connectivity index (χ0n) is 23.2. The van der Waals surface area contributed by atoms with Crippen LogP contribution in [0.3, 0.4) is 0 Å². The third-order valence-corrected chi connectivity index (χ3v) is 7.65. The van der Waals surface area contributed by atoms with Gasteiger partial charge in [-0.15, -0.1) is 0 Å². The average Bonchev–Trinajstić information content (AvgIpc) is 3.58. The number of rotatable bonds is 10. The number of hydrogen-bond acceptors (Lipinski definition) is 9. The molecule has 1 N–H and O–H groups in total. The number of ether oxygens (including phenoxy) is 2. The first-order valence-corrected chi connectivity index (χ1v) is 14.6. The fourth-order valence-corrected chi connectivity index (χ4v) is 5.33. The van der Waals surface area contributed by atoms with Crippen LogP contribution in [0.5, 0.6) is 0 Å². The van der Waals surface area contributed by atoms with Crippen molar-refractivity contribution in [1.82, 2.24) is 4.90 Å². The van der Waals surface area contributed by atoms with Crippen LogP contribution >= 0.6 is 11.8 Å². The highest BCUT2D eigenvalue weighted by Crippen LogP contribution is 2.34. The Hall–Kier alpha value is -4.35. The van der Waals surface area contributed by atoms with Gasteiger partial charge in [0, 0.05) is 24.7 Å². The van der Waals surface area contributed by atoms with Gasteiger partial charge in [0.2, 0.25) is 5.91 Å². The van der Waals surface area contributed by atoms with E-state index in [0.29, 0.717) is 55.7 Å². The summed E-state index contributed by atoms with van der Waals surface area (Å²) in [5.74, 6) is -0.504. The molecule has 2 aliphatic rings. The Kier molecular flexibility index (Phi) is 9.40. The molecule has 218 valence electrons. The lowest BCUT2D eigenvalue weighted by molar-refractivity contribution is -0.127. The zero-order chi connectivity index (χ0) is 29.5. The molecule has 2 saturated heterocycles. The van der Waals surface area contributed by atoms with Crippen LogP contribution in [0.25, 0.3) is 17.4 Å². The largest absolute Gasteiger partial charge is 0.462 e. The summed E-state index contributed by atoms with van der Waals surface area (Å²) in [6.45, 7) is 4.62. The van der Waals surface area contributed by atoms with E-state index >= 15 is 0 Å². The molecule has 2 aromatic carbocycles. The van der Waals surface area contributed by atoms with Crippen molar-refractivity contribution in [2.45, 2.75) is 19.8 Å². The molecule has 5 rings (SSSR count). The van der Waals surface area contributed by atoms with Gasteiger partial charge in [0.05, 0.1) is 41.7 Å². The Morgan fingerprint density at radius 1 is 1.02 bits per heavy atom. The number of amides is 3. The molecule has 11 heteroatoms. The van der Waals surface area contributed by atoms with Gasteiger partial charge in [0.25, 0.3) is 11.1 Å². The van der Waals surface area contributed by atoms with Crippen LogP contribution in [0.2, 0.25) is 0 Å². The molecule has 0 aliphatic carbocycles. The molecular weight excluding hydrogens is 558 g/mol. The van der Waals surface area contributed by atoms with E-state index in [1.807, 2.05) is 25.1 Å². The number of furan rings is 1. The average molecular weight is 590 g/mol. The molecule has 0 radical (unpaired) electrons. The molecule has 0 saturated carbocycles. The van der Waals surface area contributed by atoms with Gasteiger partial charge in [-0.3, -0.25) is 19.3 Å². The van der Waals surface area contributed by atoms with Gasteiger partial charge >= 0.3 is 5.97 Å². The third-order valence-electron chi connectivity index (χ3n) is 6.74. The van der Waals surface area contributed by atoms with Crippen LogP contribution in [0.1, 0.15) is 35.9 Å². The van der Waals surface area contributed by atoms with Crippen molar-refractivity contribution in [3.8, 4) is 11.3 Å². The monoisotopic (exact) mass is 589 g/mol. The highest BCUT2D eigenvalue weighted by atomic mass is 32.2. The minimum Gasteiger partial charge on any atom is -0.462 e. The number of anilines is 2. The van der Waals surface area contributed by atoms with Crippen molar-refractivity contribution in [2.75, 3.05) is 49.7 Å². The van der Waals surface area contributed by atoms with E-state index in [2.05, 4.69) is 10.2 Å². The summed E-state index contributed by atoms with van der Waals surface area (Å²) >= 11 is 0.754. The maximum Gasteiger partial charge on any atom is 0.338 e. The van der Waals surface area contributed by atoms with Gasteiger partial charge in [-0.25, -0.2) is 4.79 Å². The van der Waals surface area contributed by atoms with E-state index in [1.165, 1.54) is 6.08 Å². The summed E-state index contributed by atoms with van der Waals surface area (Å²) in [6.07, 6.45) is 3.24. The third kappa shape index (κ3) is 6.92. The van der Waals surface area contributed by atoms with Crippen LogP contribution in [-0.2, 0) is 19.1 Å². The molecule has 2 aliphatic heterocycles. The molecule has 0 spiro atoms. The summed E-state index contributed by atoms with van der Waals surface area (Å²) in [7, 11) is 0. The van der Waals surface area contributed by atoms with Gasteiger partial charge in [0.1, 0.15) is 18.1 Å². The van der Waals surface area contributed by atoms with Gasteiger partial charge < -0.3 is 24.1 Å². The Morgan fingerprint density at radius 2 is 1.79 bits per heavy atom. The van der Waals surface area contributed by atoms with Crippen molar-refractivity contribution >= 4 is 52.2 Å². The maximum absolute atomic E-state index is 13.0. The normalized spacial score (nSPS) is 16.3. The number of benzene rings is 2. The van der Waals surface area contributed by atoms with Gasteiger partial charge in [0.15, 0.2) is 0 Å². The first kappa shape index (κ1) is 29.2. The number of imide groups is 1. The summed E-state index contributed by atoms with van der Waals surface area (Å²) in [5, 5.41) is 2.31. The molecule has 0 unspecified atom stereocenters. The molecule has 10 nitrogen and oxygen atoms in total. The predicted molar refractivity (Wildman–Crippen MR) is 160 cm³/mol. The Balaban J connectivity index is 1.21. The van der Waals surface area contributed by atoms with Crippen molar-refractivity contribution < 1.29 is 33.1 Å². The lowest BCUT2D eigenvalue weighted by Gasteiger charge is -2.30. The molecule has 42 heavy (non-hydrogen) atoms. The first-order valence-electron chi connectivity index (χ1n) is 13.8. The quantitative estimate of drug-likeness (QED) is 0.188. The number of carbonyl (C=O) groups is 4. The topological polar surface area (TPSA) is 118 Å². The highest BCUT2D eigenvalue weighted by Gasteiger charge is 2.36. The second kappa shape index (κ2) is 13.5. The SMILES string of the molecule is CCCCOC(=O)c1ccc(-c2ccc(/C=C3/SC(=O)N(CC(=O)Nc4ccccc4N4CCOCC4)C3=O)o2)cc1. The maximum atomic E-state index is 13.0. The van der Waals surface area contributed by atoms with Crippen molar-refractivity contribution in [3.05, 3.63) is 76.9 Å². The van der Waals surface area contributed by atoms with Gasteiger partial charge in [-0.05, 0) is 54.6 Å². The molecule has 0 atom stereocenters. The van der Waals surface area contributed by atoms with E-state index in [4.69, 9.17) is 13.9 Å². The molecule has 3 aromatic rings. The predicted octanol–water partition coefficient (Wildman–Crippen LogP) is 5.42. The summed E-state index contributed by atoms with van der Waals surface area (Å²) in [5.41, 5.74) is 2.65. The molecule has 0 bridgehead atoms. The first-order chi connectivity index (χ1) is 20.4. The Labute approximate surface area is 247 Å². The molecule has 3 heterocycles. The Morgan fingerprint density at radius 3 is 2.55 bits per heavy atom. The number of unbranched alkanes of at least 4 members (excludes halogenated alkanes) is 1. The highest BCUT2D eigenvalue weighted by molar-refractivity contribution is 8.18. The van der Waals surface area contributed by atoms with Gasteiger partial charge in [-0.2, -0.15) is 0 Å². The second-order valence-corrected chi connectivity index (χ2v) is 10.7. The summed E-state index contributed by atoms with van der Waals surface area (Å²) < 4.78 is 16.5. The fraction of sp³-hybridized carbons (Fsp3) is 0.290. The number of carbonyl (C=O) groups excluding carboxylic acids is 4. The molecule has 1 aromatic heterocycles. The van der Waals surface area contributed by atoms with Crippen LogP contribution in [0, 0.1) is 0 Å².